The van der Waals surface area contributed by atoms with Gasteiger partial charge < -0.3 is 5.32 Å². The number of rotatable bonds is 5. The summed E-state index contributed by atoms with van der Waals surface area (Å²) in [5, 5.41) is 2.36. The number of hydrogen-bond acceptors (Lipinski definition) is 6. The van der Waals surface area contributed by atoms with Crippen molar-refractivity contribution in [3.63, 3.8) is 0 Å². The lowest BCUT2D eigenvalue weighted by Crippen LogP contribution is -2.33. The normalized spacial score (nSPS) is 19.7. The van der Waals surface area contributed by atoms with Gasteiger partial charge in [0.1, 0.15) is 11.8 Å². The fourth-order valence-electron chi connectivity index (χ4n) is 5.34. The molecule has 0 bridgehead atoms. The number of nitrogens with one attached hydrogen (secondary N) is 1. The lowest BCUT2D eigenvalue weighted by molar-refractivity contribution is -0.137. The van der Waals surface area contributed by atoms with Crippen LogP contribution < -0.4 is 15.1 Å². The zero-order valence-corrected chi connectivity index (χ0v) is 25.6. The summed E-state index contributed by atoms with van der Waals surface area (Å²) < 4.78 is 43.7. The quantitative estimate of drug-likeness (QED) is 0.231. The molecule has 1 aromatic heterocycles. The van der Waals surface area contributed by atoms with Crippen LogP contribution in [0.4, 0.5) is 24.5 Å². The molecule has 7 nitrogen and oxygen atoms in total. The van der Waals surface area contributed by atoms with Crippen LogP contribution >= 0.6 is 50.6 Å². The van der Waals surface area contributed by atoms with Gasteiger partial charge in [-0.05, 0) is 54.1 Å². The van der Waals surface area contributed by atoms with E-state index in [0.717, 1.165) is 35.2 Å². The van der Waals surface area contributed by atoms with Gasteiger partial charge in [-0.15, -0.1) is 0 Å². The van der Waals surface area contributed by atoms with Gasteiger partial charge in [-0.1, -0.05) is 74.9 Å². The highest BCUT2D eigenvalue weighted by atomic mass is 79.9. The Morgan fingerprint density at radius 3 is 2.40 bits per heavy atom. The highest BCUT2D eigenvalue weighted by molar-refractivity contribution is 9.10. The maximum Gasteiger partial charge on any atom is 0.418 e. The molecule has 3 aromatic carbocycles. The summed E-state index contributed by atoms with van der Waals surface area (Å²) in [6.45, 7) is -0.383. The first-order valence-electron chi connectivity index (χ1n) is 12.7. The fraction of sp³-hybridized carbons (Fsp3) is 0.172. The molecule has 14 heteroatoms. The molecule has 1 fully saturated rings. The van der Waals surface area contributed by atoms with Crippen molar-refractivity contribution < 1.29 is 27.6 Å². The summed E-state index contributed by atoms with van der Waals surface area (Å²) in [7, 11) is 0. The summed E-state index contributed by atoms with van der Waals surface area (Å²) in [6, 6.07) is 17.8. The number of hydrogen-bond donors (Lipinski definition) is 1. The number of thioether (sulfide) groups is 1. The molecule has 220 valence electrons. The third-order valence-corrected chi connectivity index (χ3v) is 10.5. The number of nitrogens with zero attached hydrogens (tertiary/aromatic N) is 2. The summed E-state index contributed by atoms with van der Waals surface area (Å²) in [5.41, 5.74) is -0.597. The molecule has 0 aliphatic carbocycles. The number of carbonyl (C=O) groups excluding carboxylic acids is 3. The minimum absolute atomic E-state index is 0.319. The third-order valence-electron chi connectivity index (χ3n) is 7.14. The molecule has 4 aromatic rings. The zero-order chi connectivity index (χ0) is 30.6. The highest BCUT2D eigenvalue weighted by Gasteiger charge is 2.57. The maximum atomic E-state index is 14.0. The average Bonchev–Trinajstić information content (AvgIpc) is 3.39. The van der Waals surface area contributed by atoms with Crippen LogP contribution in [0.5, 0.6) is 0 Å². The molecular formula is C29H18BrClF3N3O4S2. The predicted octanol–water partition coefficient (Wildman–Crippen LogP) is 6.78. The van der Waals surface area contributed by atoms with E-state index in [-0.39, 0.29) is 6.54 Å². The predicted molar refractivity (Wildman–Crippen MR) is 162 cm³/mol. The summed E-state index contributed by atoms with van der Waals surface area (Å²) in [4.78, 5) is 54.6. The monoisotopic (exact) mass is 707 g/mol. The van der Waals surface area contributed by atoms with E-state index in [1.54, 1.807) is 48.5 Å². The van der Waals surface area contributed by atoms with Crippen molar-refractivity contribution in [1.82, 2.24) is 4.57 Å². The lowest BCUT2D eigenvalue weighted by Gasteiger charge is -2.30. The lowest BCUT2D eigenvalue weighted by atomic mass is 9.83. The van der Waals surface area contributed by atoms with E-state index >= 15 is 0 Å². The van der Waals surface area contributed by atoms with Gasteiger partial charge in [-0.25, -0.2) is 4.90 Å². The number of benzene rings is 3. The maximum absolute atomic E-state index is 14.0. The Hall–Kier alpha value is -3.39. The number of carbonyl (C=O) groups is 3. The molecule has 0 spiro atoms. The van der Waals surface area contributed by atoms with Gasteiger partial charge >= 0.3 is 11.0 Å². The minimum atomic E-state index is -4.81. The standard InChI is InChI=1S/C29H18BrClF3N3O4S2/c30-15-5-3-4-14(12-15)21-22-23(26(40)37(25(22)39)19-7-2-1-6-18(19)29(32,33)34)42-27-24(21)43-28(41)36(27)13-20(38)35-17-10-8-16(31)9-11-17/h1-12,21-23H,13H2,(H,35,38)/t21-,22-,23+/m0/s1. The van der Waals surface area contributed by atoms with E-state index in [4.69, 9.17) is 11.6 Å². The molecule has 3 heterocycles. The highest BCUT2D eigenvalue weighted by Crippen LogP contribution is 2.54. The first kappa shape index (κ1) is 29.7. The zero-order valence-electron chi connectivity index (χ0n) is 21.6. The number of alkyl halides is 3. The molecular weight excluding hydrogens is 691 g/mol. The minimum Gasteiger partial charge on any atom is -0.325 e. The molecule has 0 unspecified atom stereocenters. The molecule has 3 amide bonds. The Labute approximate surface area is 263 Å². The summed E-state index contributed by atoms with van der Waals surface area (Å²) in [5.74, 6) is -4.03. The number of thiazole rings is 1. The number of fused-ring (bicyclic) bond motifs is 2. The molecule has 43 heavy (non-hydrogen) atoms. The van der Waals surface area contributed by atoms with E-state index < -0.39 is 57.1 Å². The summed E-state index contributed by atoms with van der Waals surface area (Å²) >= 11 is 11.1. The van der Waals surface area contributed by atoms with Crippen molar-refractivity contribution in [1.29, 1.82) is 0 Å². The van der Waals surface area contributed by atoms with E-state index in [9.17, 15) is 32.3 Å². The van der Waals surface area contributed by atoms with Gasteiger partial charge in [-0.3, -0.25) is 23.7 Å². The second-order valence-corrected chi connectivity index (χ2v) is 13.3. The molecule has 2 aliphatic rings. The Kier molecular flexibility index (Phi) is 7.78. The van der Waals surface area contributed by atoms with Crippen LogP contribution in [0.1, 0.15) is 21.9 Å². The third kappa shape index (κ3) is 5.43. The van der Waals surface area contributed by atoms with Crippen LogP contribution in [0.3, 0.4) is 0 Å². The number of para-hydroxylation sites is 1. The average molecular weight is 709 g/mol. The SMILES string of the molecule is O=C(Cn1c2c(sc1=O)[C@@H](c1cccc(Br)c1)[C@@H]1C(=O)N(c3ccccc3C(F)(F)F)C(=O)[C@@H]1S2)Nc1ccc(Cl)cc1. The number of imide groups is 1. The molecule has 0 saturated carbocycles. The van der Waals surface area contributed by atoms with Crippen LogP contribution in [0.2, 0.25) is 5.02 Å². The molecule has 1 N–H and O–H groups in total. The van der Waals surface area contributed by atoms with Crippen molar-refractivity contribution in [2.75, 3.05) is 10.2 Å². The van der Waals surface area contributed by atoms with Crippen molar-refractivity contribution in [3.05, 3.63) is 108 Å². The molecule has 1 saturated heterocycles. The Morgan fingerprint density at radius 2 is 1.70 bits per heavy atom. The molecule has 6 rings (SSSR count). The van der Waals surface area contributed by atoms with Gasteiger partial charge in [0.15, 0.2) is 0 Å². The number of halogens is 5. The van der Waals surface area contributed by atoms with Crippen LogP contribution in [0.15, 0.2) is 87.1 Å². The van der Waals surface area contributed by atoms with E-state index in [2.05, 4.69) is 21.2 Å². The summed E-state index contributed by atoms with van der Waals surface area (Å²) in [6.07, 6.45) is -4.81. The topological polar surface area (TPSA) is 88.5 Å². The van der Waals surface area contributed by atoms with Crippen molar-refractivity contribution in [2.24, 2.45) is 5.92 Å². The van der Waals surface area contributed by atoms with Crippen molar-refractivity contribution in [2.45, 2.75) is 28.9 Å². The fourth-order valence-corrected chi connectivity index (χ4v) is 8.65. The molecule has 0 radical (unpaired) electrons. The number of anilines is 2. The van der Waals surface area contributed by atoms with Crippen molar-refractivity contribution >= 4 is 79.7 Å². The van der Waals surface area contributed by atoms with Gasteiger partial charge in [0, 0.05) is 26.0 Å². The second kappa shape index (κ2) is 11.3. The van der Waals surface area contributed by atoms with Crippen LogP contribution in [-0.4, -0.2) is 27.5 Å². The van der Waals surface area contributed by atoms with Gasteiger partial charge in [0.25, 0.3) is 0 Å². The smallest absolute Gasteiger partial charge is 0.325 e. The van der Waals surface area contributed by atoms with E-state index in [0.29, 0.717) is 35.5 Å². The van der Waals surface area contributed by atoms with Crippen LogP contribution in [0.25, 0.3) is 0 Å². The first-order valence-corrected chi connectivity index (χ1v) is 15.6. The first-order chi connectivity index (χ1) is 20.4. The van der Waals surface area contributed by atoms with Crippen LogP contribution in [0, 0.1) is 5.92 Å². The van der Waals surface area contributed by atoms with Gasteiger partial charge in [0.2, 0.25) is 17.7 Å². The van der Waals surface area contributed by atoms with Crippen LogP contribution in [-0.2, 0) is 27.1 Å². The van der Waals surface area contributed by atoms with Crippen molar-refractivity contribution in [3.8, 4) is 0 Å². The Bertz CT molecular complexity index is 1840. The van der Waals surface area contributed by atoms with Gasteiger partial charge in [-0.2, -0.15) is 13.2 Å². The number of amides is 3. The molecule has 3 atom stereocenters. The Morgan fingerprint density at radius 1 is 0.977 bits per heavy atom. The Balaban J connectivity index is 1.43. The van der Waals surface area contributed by atoms with E-state index in [1.807, 2.05) is 0 Å². The second-order valence-electron chi connectivity index (χ2n) is 9.80. The largest absolute Gasteiger partial charge is 0.418 e. The molecule has 2 aliphatic heterocycles. The number of aromatic nitrogens is 1. The van der Waals surface area contributed by atoms with Gasteiger partial charge in [0.05, 0.1) is 22.2 Å². The van der Waals surface area contributed by atoms with E-state index in [1.165, 1.54) is 16.7 Å².